The second kappa shape index (κ2) is 6.72. The average molecular weight is 265 g/mol. The first kappa shape index (κ1) is 14.1. The van der Waals surface area contributed by atoms with E-state index in [1.807, 2.05) is 11.8 Å². The van der Waals surface area contributed by atoms with E-state index in [1.165, 1.54) is 0 Å². The molecule has 0 aromatic heterocycles. The van der Waals surface area contributed by atoms with E-state index in [2.05, 4.69) is 17.1 Å². The fourth-order valence-electron chi connectivity index (χ4n) is 2.34. The number of hydrogen-bond donors (Lipinski definition) is 1. The van der Waals surface area contributed by atoms with Crippen molar-refractivity contribution in [2.75, 3.05) is 31.9 Å². The summed E-state index contributed by atoms with van der Waals surface area (Å²) in [5.74, 6) is 1.73. The minimum atomic E-state index is 0. The van der Waals surface area contributed by atoms with E-state index >= 15 is 0 Å². The summed E-state index contributed by atoms with van der Waals surface area (Å²) in [6, 6.07) is 0. The predicted octanol–water partition coefficient (Wildman–Crippen LogP) is 1.37. The van der Waals surface area contributed by atoms with Gasteiger partial charge in [-0.1, -0.05) is 6.92 Å². The van der Waals surface area contributed by atoms with Crippen molar-refractivity contribution in [3.8, 4) is 0 Å². The van der Waals surface area contributed by atoms with Crippen molar-refractivity contribution in [2.24, 2.45) is 5.92 Å². The molecule has 3 nitrogen and oxygen atoms in total. The van der Waals surface area contributed by atoms with E-state index in [1.54, 1.807) is 0 Å². The third kappa shape index (κ3) is 3.54. The van der Waals surface area contributed by atoms with Gasteiger partial charge in [0.05, 0.1) is 5.92 Å². The zero-order valence-electron chi connectivity index (χ0n) is 9.78. The molecular weight excluding hydrogens is 244 g/mol. The van der Waals surface area contributed by atoms with Crippen LogP contribution in [0.4, 0.5) is 0 Å². The molecule has 2 rings (SSSR count). The summed E-state index contributed by atoms with van der Waals surface area (Å²) in [4.78, 5) is 14.2. The lowest BCUT2D eigenvalue weighted by molar-refractivity contribution is -0.135. The minimum Gasteiger partial charge on any atom is -0.340 e. The van der Waals surface area contributed by atoms with Gasteiger partial charge in [0.1, 0.15) is 0 Å². The third-order valence-corrected chi connectivity index (χ3v) is 4.34. The molecule has 2 heterocycles. The van der Waals surface area contributed by atoms with Crippen molar-refractivity contribution in [3.05, 3.63) is 0 Å². The predicted molar refractivity (Wildman–Crippen MR) is 71.3 cm³/mol. The molecule has 5 heteroatoms. The van der Waals surface area contributed by atoms with Crippen molar-refractivity contribution >= 4 is 30.1 Å². The van der Waals surface area contributed by atoms with Crippen LogP contribution in [-0.2, 0) is 4.79 Å². The molecule has 0 spiro atoms. The summed E-state index contributed by atoms with van der Waals surface area (Å²) in [5.41, 5.74) is 0. The molecule has 0 radical (unpaired) electrons. The summed E-state index contributed by atoms with van der Waals surface area (Å²) < 4.78 is 0. The van der Waals surface area contributed by atoms with Crippen molar-refractivity contribution in [1.29, 1.82) is 0 Å². The van der Waals surface area contributed by atoms with Crippen molar-refractivity contribution in [1.82, 2.24) is 10.2 Å². The normalized spacial score (nSPS) is 30.7. The van der Waals surface area contributed by atoms with E-state index in [0.717, 1.165) is 44.8 Å². The number of amides is 1. The van der Waals surface area contributed by atoms with Crippen LogP contribution in [0, 0.1) is 5.92 Å². The maximum atomic E-state index is 12.2. The summed E-state index contributed by atoms with van der Waals surface area (Å²) in [5, 5.41) is 3.92. The van der Waals surface area contributed by atoms with Crippen LogP contribution in [-0.4, -0.2) is 48.0 Å². The number of halogens is 1. The van der Waals surface area contributed by atoms with Gasteiger partial charge in [-0.3, -0.25) is 4.79 Å². The van der Waals surface area contributed by atoms with Crippen LogP contribution in [0.1, 0.15) is 19.8 Å². The number of rotatable bonds is 1. The maximum Gasteiger partial charge on any atom is 0.227 e. The first-order valence-corrected chi connectivity index (χ1v) is 6.93. The highest BCUT2D eigenvalue weighted by atomic mass is 35.5. The van der Waals surface area contributed by atoms with Crippen LogP contribution in [0.25, 0.3) is 0 Å². The van der Waals surface area contributed by atoms with Crippen LogP contribution in [0.2, 0.25) is 0 Å². The van der Waals surface area contributed by atoms with Gasteiger partial charge in [-0.25, -0.2) is 0 Å². The Morgan fingerprint density at radius 1 is 1.50 bits per heavy atom. The number of nitrogens with one attached hydrogen (secondary N) is 1. The number of hydrogen-bond acceptors (Lipinski definition) is 3. The average Bonchev–Trinajstić information content (AvgIpc) is 2.29. The van der Waals surface area contributed by atoms with Crippen LogP contribution in [0.3, 0.4) is 0 Å². The van der Waals surface area contributed by atoms with Gasteiger partial charge in [-0.2, -0.15) is 11.8 Å². The standard InChI is InChI=1S/C11H20N2OS.ClH/c1-9-8-13(5-6-15-9)11(14)10-3-2-4-12-7-10;/h9-10,12H,2-8H2,1H3;1H. The molecule has 0 bridgehead atoms. The summed E-state index contributed by atoms with van der Waals surface area (Å²) in [7, 11) is 0. The Morgan fingerprint density at radius 2 is 2.31 bits per heavy atom. The van der Waals surface area contributed by atoms with E-state index in [4.69, 9.17) is 0 Å². The smallest absolute Gasteiger partial charge is 0.227 e. The fraction of sp³-hybridized carbons (Fsp3) is 0.909. The Kier molecular flexibility index (Phi) is 5.94. The molecule has 0 aromatic carbocycles. The van der Waals surface area contributed by atoms with Gasteiger partial charge in [0, 0.05) is 30.6 Å². The van der Waals surface area contributed by atoms with Gasteiger partial charge in [0.15, 0.2) is 0 Å². The number of piperidine rings is 1. The van der Waals surface area contributed by atoms with Gasteiger partial charge in [0.2, 0.25) is 5.91 Å². The van der Waals surface area contributed by atoms with Crippen molar-refractivity contribution in [2.45, 2.75) is 25.0 Å². The Labute approximate surface area is 108 Å². The molecule has 2 fully saturated rings. The second-order valence-corrected chi connectivity index (χ2v) is 6.06. The molecule has 2 unspecified atom stereocenters. The lowest BCUT2D eigenvalue weighted by Crippen LogP contribution is -2.47. The van der Waals surface area contributed by atoms with Gasteiger partial charge in [-0.15, -0.1) is 12.4 Å². The molecule has 0 aliphatic carbocycles. The quantitative estimate of drug-likeness (QED) is 0.777. The highest BCUT2D eigenvalue weighted by molar-refractivity contribution is 7.99. The third-order valence-electron chi connectivity index (χ3n) is 3.20. The van der Waals surface area contributed by atoms with E-state index < -0.39 is 0 Å². The fourth-order valence-corrected chi connectivity index (χ4v) is 3.35. The first-order valence-electron chi connectivity index (χ1n) is 5.88. The largest absolute Gasteiger partial charge is 0.340 e. The molecule has 0 saturated carbocycles. The Morgan fingerprint density at radius 3 is 2.94 bits per heavy atom. The minimum absolute atomic E-state index is 0. The molecular formula is C11H21ClN2OS. The number of carbonyl (C=O) groups excluding carboxylic acids is 1. The summed E-state index contributed by atoms with van der Waals surface area (Å²) >= 11 is 1.98. The zero-order chi connectivity index (χ0) is 10.7. The highest BCUT2D eigenvalue weighted by Gasteiger charge is 2.28. The molecule has 1 amide bonds. The summed E-state index contributed by atoms with van der Waals surface area (Å²) in [6.45, 7) is 6.07. The van der Waals surface area contributed by atoms with Crippen LogP contribution in [0.15, 0.2) is 0 Å². The second-order valence-electron chi connectivity index (χ2n) is 4.51. The number of carbonyl (C=O) groups is 1. The molecule has 1 N–H and O–H groups in total. The summed E-state index contributed by atoms with van der Waals surface area (Å²) in [6.07, 6.45) is 2.22. The monoisotopic (exact) mass is 264 g/mol. The van der Waals surface area contributed by atoms with E-state index in [-0.39, 0.29) is 18.3 Å². The van der Waals surface area contributed by atoms with E-state index in [9.17, 15) is 4.79 Å². The molecule has 2 atom stereocenters. The molecule has 2 aliphatic heterocycles. The molecule has 16 heavy (non-hydrogen) atoms. The van der Waals surface area contributed by atoms with Crippen molar-refractivity contribution in [3.63, 3.8) is 0 Å². The first-order chi connectivity index (χ1) is 7.27. The lowest BCUT2D eigenvalue weighted by atomic mass is 9.98. The number of nitrogens with zero attached hydrogens (tertiary/aromatic N) is 1. The lowest BCUT2D eigenvalue weighted by Gasteiger charge is -2.34. The van der Waals surface area contributed by atoms with Gasteiger partial charge in [-0.05, 0) is 19.4 Å². The zero-order valence-corrected chi connectivity index (χ0v) is 11.4. The van der Waals surface area contributed by atoms with E-state index in [0.29, 0.717) is 11.2 Å². The SMILES string of the molecule is CC1CN(C(=O)C2CCCNC2)CCS1.Cl. The maximum absolute atomic E-state index is 12.2. The molecule has 0 aromatic rings. The van der Waals surface area contributed by atoms with Crippen LogP contribution < -0.4 is 5.32 Å². The number of thioether (sulfide) groups is 1. The van der Waals surface area contributed by atoms with Crippen LogP contribution >= 0.6 is 24.2 Å². The Balaban J connectivity index is 0.00000128. The van der Waals surface area contributed by atoms with Gasteiger partial charge >= 0.3 is 0 Å². The Bertz CT molecular complexity index is 234. The van der Waals surface area contributed by atoms with Crippen LogP contribution in [0.5, 0.6) is 0 Å². The van der Waals surface area contributed by atoms with Crippen molar-refractivity contribution < 1.29 is 4.79 Å². The highest BCUT2D eigenvalue weighted by Crippen LogP contribution is 2.21. The molecule has 2 aliphatic rings. The molecule has 94 valence electrons. The topological polar surface area (TPSA) is 32.3 Å². The Hall–Kier alpha value is 0.0700. The van der Waals surface area contributed by atoms with Gasteiger partial charge < -0.3 is 10.2 Å². The van der Waals surface area contributed by atoms with Gasteiger partial charge in [0.25, 0.3) is 0 Å². The molecule has 2 saturated heterocycles.